The van der Waals surface area contributed by atoms with Crippen molar-refractivity contribution in [2.75, 3.05) is 0 Å². The van der Waals surface area contributed by atoms with Crippen molar-refractivity contribution in [1.29, 1.82) is 0 Å². The summed E-state index contributed by atoms with van der Waals surface area (Å²) in [5, 5.41) is 0. The molecule has 1 aliphatic rings. The third-order valence-electron chi connectivity index (χ3n) is 3.74. The van der Waals surface area contributed by atoms with Crippen molar-refractivity contribution in [2.45, 2.75) is 19.4 Å². The summed E-state index contributed by atoms with van der Waals surface area (Å²) in [6.45, 7) is 2.10. The van der Waals surface area contributed by atoms with Crippen LogP contribution in [0.4, 0.5) is 0 Å². The summed E-state index contributed by atoms with van der Waals surface area (Å²) in [4.78, 5) is 8.53. The number of imidazole rings is 1. The molecule has 4 rings (SSSR count). The van der Waals surface area contributed by atoms with Crippen molar-refractivity contribution in [2.24, 2.45) is 0 Å². The fraction of sp³-hybridized carbons (Fsp3) is 0.176. The van der Waals surface area contributed by atoms with Crippen molar-refractivity contribution in [3.8, 4) is 22.8 Å². The molecule has 1 atom stereocenters. The maximum absolute atomic E-state index is 5.76. The van der Waals surface area contributed by atoms with Crippen LogP contribution >= 0.6 is 0 Å². The zero-order chi connectivity index (χ0) is 14.2. The van der Waals surface area contributed by atoms with Gasteiger partial charge >= 0.3 is 0 Å². The molecule has 2 aromatic heterocycles. The van der Waals surface area contributed by atoms with Crippen LogP contribution in [0, 0.1) is 0 Å². The minimum absolute atomic E-state index is 0.262. The third-order valence-corrected chi connectivity index (χ3v) is 3.74. The van der Waals surface area contributed by atoms with E-state index in [0.717, 1.165) is 29.2 Å². The van der Waals surface area contributed by atoms with Gasteiger partial charge in [-0.3, -0.25) is 9.55 Å². The van der Waals surface area contributed by atoms with E-state index in [4.69, 9.17) is 4.74 Å². The second kappa shape index (κ2) is 4.74. The van der Waals surface area contributed by atoms with Gasteiger partial charge in [-0.1, -0.05) is 0 Å². The van der Waals surface area contributed by atoms with Crippen LogP contribution in [-0.2, 0) is 6.42 Å². The van der Waals surface area contributed by atoms with Crippen LogP contribution in [0.3, 0.4) is 0 Å². The molecule has 0 fully saturated rings. The van der Waals surface area contributed by atoms with E-state index in [-0.39, 0.29) is 6.10 Å². The highest BCUT2D eigenvalue weighted by Crippen LogP contribution is 2.31. The van der Waals surface area contributed by atoms with Gasteiger partial charge in [0, 0.05) is 42.5 Å². The van der Waals surface area contributed by atoms with Crippen LogP contribution in [0.1, 0.15) is 12.5 Å². The molecule has 1 aliphatic heterocycles. The van der Waals surface area contributed by atoms with Gasteiger partial charge in [0.25, 0.3) is 0 Å². The molecule has 1 unspecified atom stereocenters. The number of hydrogen-bond donors (Lipinski definition) is 0. The maximum Gasteiger partial charge on any atom is 0.144 e. The first-order chi connectivity index (χ1) is 10.3. The Balaban J connectivity index is 1.79. The van der Waals surface area contributed by atoms with Crippen molar-refractivity contribution < 1.29 is 4.74 Å². The molecule has 0 spiro atoms. The fourth-order valence-electron chi connectivity index (χ4n) is 2.78. The second-order valence-electron chi connectivity index (χ2n) is 5.28. The van der Waals surface area contributed by atoms with Crippen LogP contribution in [0.15, 0.2) is 55.1 Å². The van der Waals surface area contributed by atoms with Crippen LogP contribution in [0.2, 0.25) is 0 Å². The minimum Gasteiger partial charge on any atom is -0.490 e. The summed E-state index contributed by atoms with van der Waals surface area (Å²) in [6, 6.07) is 10.2. The van der Waals surface area contributed by atoms with Gasteiger partial charge in [0.15, 0.2) is 0 Å². The lowest BCUT2D eigenvalue weighted by Crippen LogP contribution is -2.05. The average molecular weight is 277 g/mol. The number of benzene rings is 1. The van der Waals surface area contributed by atoms with Crippen molar-refractivity contribution >= 4 is 0 Å². The lowest BCUT2D eigenvalue weighted by Gasteiger charge is -2.09. The Bertz CT molecular complexity index is 780. The van der Waals surface area contributed by atoms with Gasteiger partial charge in [-0.15, -0.1) is 0 Å². The van der Waals surface area contributed by atoms with Gasteiger partial charge in [-0.05, 0) is 42.8 Å². The SMILES string of the molecule is CC1Cc2cc(-n3ccnc3-c3ccncc3)ccc2O1. The number of aromatic nitrogens is 3. The van der Waals surface area contributed by atoms with Gasteiger partial charge in [0.2, 0.25) is 0 Å². The number of rotatable bonds is 2. The first-order valence-corrected chi connectivity index (χ1v) is 7.05. The molecule has 0 amide bonds. The Labute approximate surface area is 123 Å². The fourth-order valence-corrected chi connectivity index (χ4v) is 2.78. The Morgan fingerprint density at radius 2 is 2.00 bits per heavy atom. The molecule has 0 saturated heterocycles. The van der Waals surface area contributed by atoms with Crippen molar-refractivity contribution in [3.63, 3.8) is 0 Å². The molecule has 1 aromatic carbocycles. The van der Waals surface area contributed by atoms with E-state index in [9.17, 15) is 0 Å². The third kappa shape index (κ3) is 2.09. The van der Waals surface area contributed by atoms with Crippen LogP contribution in [0.5, 0.6) is 5.75 Å². The standard InChI is InChI=1S/C17H15N3O/c1-12-10-14-11-15(2-3-16(14)21-12)20-9-8-19-17(20)13-4-6-18-7-5-13/h2-9,11-12H,10H2,1H3. The van der Waals surface area contributed by atoms with Gasteiger partial charge in [-0.25, -0.2) is 4.98 Å². The van der Waals surface area contributed by atoms with E-state index in [1.165, 1.54) is 5.56 Å². The quantitative estimate of drug-likeness (QED) is 0.722. The lowest BCUT2D eigenvalue weighted by molar-refractivity contribution is 0.254. The highest BCUT2D eigenvalue weighted by Gasteiger charge is 2.19. The van der Waals surface area contributed by atoms with Gasteiger partial charge in [0.1, 0.15) is 17.7 Å². The molecule has 4 nitrogen and oxygen atoms in total. The van der Waals surface area contributed by atoms with E-state index < -0.39 is 0 Å². The topological polar surface area (TPSA) is 39.9 Å². The zero-order valence-corrected chi connectivity index (χ0v) is 11.7. The zero-order valence-electron chi connectivity index (χ0n) is 11.7. The number of fused-ring (bicyclic) bond motifs is 1. The summed E-state index contributed by atoms with van der Waals surface area (Å²) in [6.07, 6.45) is 8.60. The van der Waals surface area contributed by atoms with Crippen LogP contribution in [-0.4, -0.2) is 20.6 Å². The number of nitrogens with zero attached hydrogens (tertiary/aromatic N) is 3. The van der Waals surface area contributed by atoms with Gasteiger partial charge < -0.3 is 4.74 Å². The largest absolute Gasteiger partial charge is 0.490 e. The van der Waals surface area contributed by atoms with Gasteiger partial charge in [-0.2, -0.15) is 0 Å². The molecule has 0 aliphatic carbocycles. The predicted molar refractivity (Wildman–Crippen MR) is 80.6 cm³/mol. The highest BCUT2D eigenvalue weighted by atomic mass is 16.5. The molecular formula is C17H15N3O. The van der Waals surface area contributed by atoms with E-state index >= 15 is 0 Å². The predicted octanol–water partition coefficient (Wildman–Crippen LogP) is 3.26. The van der Waals surface area contributed by atoms with E-state index in [2.05, 4.69) is 33.6 Å². The van der Waals surface area contributed by atoms with E-state index in [1.807, 2.05) is 30.6 Å². The van der Waals surface area contributed by atoms with Crippen LogP contribution < -0.4 is 4.74 Å². The molecule has 4 heteroatoms. The molecule has 0 N–H and O–H groups in total. The van der Waals surface area contributed by atoms with Crippen molar-refractivity contribution in [3.05, 3.63) is 60.7 Å². The highest BCUT2D eigenvalue weighted by molar-refractivity contribution is 5.59. The Morgan fingerprint density at radius 1 is 1.14 bits per heavy atom. The molecule has 3 aromatic rings. The van der Waals surface area contributed by atoms with Crippen molar-refractivity contribution in [1.82, 2.24) is 14.5 Å². The molecule has 21 heavy (non-hydrogen) atoms. The Kier molecular flexibility index (Phi) is 2.74. The number of hydrogen-bond acceptors (Lipinski definition) is 3. The smallest absolute Gasteiger partial charge is 0.144 e. The monoisotopic (exact) mass is 277 g/mol. The first-order valence-electron chi connectivity index (χ1n) is 7.05. The summed E-state index contributed by atoms with van der Waals surface area (Å²) >= 11 is 0. The minimum atomic E-state index is 0.262. The summed E-state index contributed by atoms with van der Waals surface area (Å²) in [5.74, 6) is 1.92. The summed E-state index contributed by atoms with van der Waals surface area (Å²) in [5.41, 5.74) is 3.42. The second-order valence-corrected chi connectivity index (χ2v) is 5.28. The van der Waals surface area contributed by atoms with E-state index in [0.29, 0.717) is 0 Å². The summed E-state index contributed by atoms with van der Waals surface area (Å²) < 4.78 is 7.86. The van der Waals surface area contributed by atoms with Crippen LogP contribution in [0.25, 0.3) is 17.1 Å². The number of pyridine rings is 1. The van der Waals surface area contributed by atoms with E-state index in [1.54, 1.807) is 12.4 Å². The van der Waals surface area contributed by atoms with Gasteiger partial charge in [0.05, 0.1) is 0 Å². The number of ether oxygens (including phenoxy) is 1. The Hall–Kier alpha value is -2.62. The molecular weight excluding hydrogens is 262 g/mol. The lowest BCUT2D eigenvalue weighted by atomic mass is 10.1. The normalized spacial score (nSPS) is 16.5. The Morgan fingerprint density at radius 3 is 2.86 bits per heavy atom. The average Bonchev–Trinajstić information content (AvgIpc) is 3.12. The maximum atomic E-state index is 5.76. The molecule has 0 radical (unpaired) electrons. The molecule has 0 bridgehead atoms. The molecule has 3 heterocycles. The first kappa shape index (κ1) is 12.1. The molecule has 104 valence electrons. The molecule has 0 saturated carbocycles. The summed E-state index contributed by atoms with van der Waals surface area (Å²) in [7, 11) is 0.